The maximum Gasteiger partial charge on any atom is 0.323 e. The Kier molecular flexibility index (Phi) is 10.3. The fraction of sp³-hybridized carbons (Fsp3) is 0.212. The molecule has 0 aliphatic rings. The van der Waals surface area contributed by atoms with E-state index >= 15 is 0 Å². The highest BCUT2D eigenvalue weighted by Crippen LogP contribution is 2.31. The molecule has 0 fully saturated rings. The lowest BCUT2D eigenvalue weighted by atomic mass is 10.0. The van der Waals surface area contributed by atoms with Crippen LogP contribution in [0.1, 0.15) is 35.2 Å². The zero-order valence-corrected chi connectivity index (χ0v) is 23.4. The molecule has 1 heterocycles. The Hall–Kier alpha value is -4.99. The van der Waals surface area contributed by atoms with Crippen LogP contribution in [0.4, 0.5) is 13.2 Å². The van der Waals surface area contributed by atoms with E-state index in [9.17, 15) is 27.9 Å². The average molecular weight is 594 g/mol. The van der Waals surface area contributed by atoms with Crippen LogP contribution in [0.3, 0.4) is 0 Å². The van der Waals surface area contributed by atoms with Crippen molar-refractivity contribution in [1.29, 1.82) is 0 Å². The van der Waals surface area contributed by atoms with Crippen LogP contribution in [0.2, 0.25) is 0 Å². The molecule has 0 spiro atoms. The van der Waals surface area contributed by atoms with E-state index < -0.39 is 35.1 Å². The number of aryl methyl sites for hydroxylation is 1. The first kappa shape index (κ1) is 31.0. The lowest BCUT2D eigenvalue weighted by Crippen LogP contribution is -2.10. The van der Waals surface area contributed by atoms with Crippen LogP contribution in [-0.4, -0.2) is 39.9 Å². The number of nitrogens with zero attached hydrogens (tertiary/aromatic N) is 1. The first-order chi connectivity index (χ1) is 20.6. The topological polar surface area (TPSA) is 98.0 Å². The number of carboxylic acids is 2. The highest BCUT2D eigenvalue weighted by atomic mass is 19.1. The number of rotatable bonds is 14. The largest absolute Gasteiger partial charge is 0.490 e. The summed E-state index contributed by atoms with van der Waals surface area (Å²) in [6.07, 6.45) is 7.99. The van der Waals surface area contributed by atoms with E-state index in [0.29, 0.717) is 30.7 Å². The number of hydrogen-bond acceptors (Lipinski definition) is 4. The summed E-state index contributed by atoms with van der Waals surface area (Å²) < 4.78 is 52.6. The number of ether oxygens (including phenoxy) is 2. The zero-order valence-electron chi connectivity index (χ0n) is 23.4. The van der Waals surface area contributed by atoms with Crippen molar-refractivity contribution in [2.75, 3.05) is 13.2 Å². The highest BCUT2D eigenvalue weighted by molar-refractivity contribution is 5.95. The summed E-state index contributed by atoms with van der Waals surface area (Å²) in [5.74, 6) is -5.14. The highest BCUT2D eigenvalue weighted by Gasteiger charge is 2.18. The van der Waals surface area contributed by atoms with Gasteiger partial charge in [-0.1, -0.05) is 42.5 Å². The second kappa shape index (κ2) is 14.3. The van der Waals surface area contributed by atoms with Gasteiger partial charge in [-0.05, 0) is 60.7 Å². The molecule has 4 aromatic rings. The molecule has 10 heteroatoms. The van der Waals surface area contributed by atoms with Gasteiger partial charge >= 0.3 is 11.9 Å². The standard InChI is InChI=1S/C33H30F3NO6/c1-21-26(7-5-9-30(38)39)27-8-4-6-23(32(27)37(21)20-31(40)41)13-10-22-11-14-25(15-12-22)42-16-2-3-17-43-33-28(35)18-24(34)19-29(33)36/h2-4,6,8,10-15,18-19H,5,7,9,16-17,20H2,1H3,(H,38,39)(H,40,41)/b3-2+,13-10?. The Balaban J connectivity index is 1.40. The van der Waals surface area contributed by atoms with Crippen LogP contribution in [0.5, 0.6) is 11.5 Å². The van der Waals surface area contributed by atoms with Crippen molar-refractivity contribution < 1.29 is 42.4 Å². The van der Waals surface area contributed by atoms with E-state index in [4.69, 9.17) is 14.6 Å². The molecule has 0 aliphatic carbocycles. The Morgan fingerprint density at radius 2 is 1.56 bits per heavy atom. The number of carboxylic acid groups (broad SMARTS) is 2. The van der Waals surface area contributed by atoms with E-state index in [2.05, 4.69) is 0 Å². The minimum Gasteiger partial charge on any atom is -0.490 e. The Morgan fingerprint density at radius 1 is 0.884 bits per heavy atom. The monoisotopic (exact) mass is 593 g/mol. The summed E-state index contributed by atoms with van der Waals surface area (Å²) in [4.78, 5) is 22.7. The first-order valence-corrected chi connectivity index (χ1v) is 13.5. The molecule has 0 atom stereocenters. The van der Waals surface area contributed by atoms with Crippen molar-refractivity contribution in [2.45, 2.75) is 32.7 Å². The van der Waals surface area contributed by atoms with Crippen molar-refractivity contribution in [2.24, 2.45) is 0 Å². The zero-order chi connectivity index (χ0) is 30.9. The van der Waals surface area contributed by atoms with Crippen molar-refractivity contribution in [3.8, 4) is 11.5 Å². The van der Waals surface area contributed by atoms with Gasteiger partial charge in [-0.2, -0.15) is 0 Å². The van der Waals surface area contributed by atoms with Gasteiger partial charge in [0.2, 0.25) is 0 Å². The van der Waals surface area contributed by atoms with Crippen molar-refractivity contribution >= 4 is 35.0 Å². The quantitative estimate of drug-likeness (QED) is 0.120. The number of hydrogen-bond donors (Lipinski definition) is 2. The summed E-state index contributed by atoms with van der Waals surface area (Å²) in [5.41, 5.74) is 4.25. The van der Waals surface area contributed by atoms with Gasteiger partial charge in [-0.25, -0.2) is 13.2 Å². The molecule has 2 N–H and O–H groups in total. The number of fused-ring (bicyclic) bond motifs is 1. The Morgan fingerprint density at radius 3 is 2.21 bits per heavy atom. The number of halogens is 3. The van der Waals surface area contributed by atoms with Crippen molar-refractivity contribution in [1.82, 2.24) is 4.57 Å². The van der Waals surface area contributed by atoms with Crippen LogP contribution in [0.15, 0.2) is 66.7 Å². The predicted molar refractivity (Wildman–Crippen MR) is 157 cm³/mol. The molecule has 1 aromatic heterocycles. The molecule has 3 aromatic carbocycles. The van der Waals surface area contributed by atoms with Gasteiger partial charge in [0.15, 0.2) is 17.4 Å². The number of para-hydroxylation sites is 1. The van der Waals surface area contributed by atoms with Crippen LogP contribution >= 0.6 is 0 Å². The lowest BCUT2D eigenvalue weighted by Gasteiger charge is -2.08. The van der Waals surface area contributed by atoms with Gasteiger partial charge in [-0.15, -0.1) is 0 Å². The third-order valence-electron chi connectivity index (χ3n) is 6.75. The minimum absolute atomic E-state index is 0.0367. The lowest BCUT2D eigenvalue weighted by molar-refractivity contribution is -0.138. The molecule has 224 valence electrons. The van der Waals surface area contributed by atoms with Gasteiger partial charge in [0, 0.05) is 29.6 Å². The molecule has 0 bridgehead atoms. The fourth-order valence-electron chi connectivity index (χ4n) is 4.77. The minimum atomic E-state index is -1.12. The van der Waals surface area contributed by atoms with E-state index in [1.54, 1.807) is 22.8 Å². The summed E-state index contributed by atoms with van der Waals surface area (Å²) in [7, 11) is 0. The summed E-state index contributed by atoms with van der Waals surface area (Å²) >= 11 is 0. The smallest absolute Gasteiger partial charge is 0.323 e. The molecular weight excluding hydrogens is 563 g/mol. The predicted octanol–water partition coefficient (Wildman–Crippen LogP) is 7.04. The molecular formula is C33H30F3NO6. The maximum atomic E-state index is 13.6. The van der Waals surface area contributed by atoms with Crippen LogP contribution in [0, 0.1) is 24.4 Å². The third kappa shape index (κ3) is 8.06. The third-order valence-corrected chi connectivity index (χ3v) is 6.75. The molecule has 0 amide bonds. The second-order valence-corrected chi connectivity index (χ2v) is 9.73. The molecule has 0 saturated heterocycles. The molecule has 0 saturated carbocycles. The van der Waals surface area contributed by atoms with E-state index in [1.165, 1.54) is 6.08 Å². The SMILES string of the molecule is Cc1c(CCCC(=O)O)c2cccc(C=Cc3ccc(OC/C=C/COc4c(F)cc(F)cc4F)cc3)c2n1CC(=O)O. The van der Waals surface area contributed by atoms with Gasteiger partial charge in [-0.3, -0.25) is 9.59 Å². The van der Waals surface area contributed by atoms with Crippen molar-refractivity contribution in [3.05, 3.63) is 107 Å². The molecule has 0 unspecified atom stereocenters. The molecule has 0 aliphatic heterocycles. The van der Waals surface area contributed by atoms with Crippen LogP contribution in [0.25, 0.3) is 23.1 Å². The molecule has 7 nitrogen and oxygen atoms in total. The fourth-order valence-corrected chi connectivity index (χ4v) is 4.77. The van der Waals surface area contributed by atoms with Crippen LogP contribution in [-0.2, 0) is 22.6 Å². The number of aromatic nitrogens is 1. The van der Waals surface area contributed by atoms with Gasteiger partial charge < -0.3 is 24.3 Å². The Labute approximate surface area is 246 Å². The number of benzene rings is 3. The van der Waals surface area contributed by atoms with Gasteiger partial charge in [0.25, 0.3) is 0 Å². The van der Waals surface area contributed by atoms with Crippen LogP contribution < -0.4 is 9.47 Å². The van der Waals surface area contributed by atoms with Gasteiger partial charge in [0.05, 0.1) is 5.52 Å². The van der Waals surface area contributed by atoms with Gasteiger partial charge in [0.1, 0.15) is 31.3 Å². The summed E-state index contributed by atoms with van der Waals surface area (Å²) in [5, 5.41) is 19.5. The maximum absolute atomic E-state index is 13.6. The Bertz CT molecular complexity index is 1650. The van der Waals surface area contributed by atoms with E-state index in [1.807, 2.05) is 49.4 Å². The molecule has 0 radical (unpaired) electrons. The summed E-state index contributed by atoms with van der Waals surface area (Å²) in [6, 6.07) is 14.1. The van der Waals surface area contributed by atoms with E-state index in [0.717, 1.165) is 33.3 Å². The number of aliphatic carboxylic acids is 2. The second-order valence-electron chi connectivity index (χ2n) is 9.73. The molecule has 4 rings (SSSR count). The number of carbonyl (C=O) groups is 2. The average Bonchev–Trinajstić information content (AvgIpc) is 3.21. The normalized spacial score (nSPS) is 11.5. The summed E-state index contributed by atoms with van der Waals surface area (Å²) in [6.45, 7) is 1.71. The first-order valence-electron chi connectivity index (χ1n) is 13.5. The molecule has 43 heavy (non-hydrogen) atoms. The van der Waals surface area contributed by atoms with Crippen molar-refractivity contribution in [3.63, 3.8) is 0 Å². The van der Waals surface area contributed by atoms with E-state index in [-0.39, 0.29) is 26.2 Å².